The number of nitrogens with zero attached hydrogens (tertiary/aromatic N) is 3. The average Bonchev–Trinajstić information content (AvgIpc) is 2.96. The monoisotopic (exact) mass is 368 g/mol. The lowest BCUT2D eigenvalue weighted by Crippen LogP contribution is -2.48. The van der Waals surface area contributed by atoms with E-state index >= 15 is 0 Å². The maximum atomic E-state index is 12.5. The first-order valence-electron chi connectivity index (χ1n) is 9.55. The van der Waals surface area contributed by atoms with Gasteiger partial charge in [-0.3, -0.25) is 9.59 Å². The van der Waals surface area contributed by atoms with Crippen LogP contribution in [0.15, 0.2) is 0 Å². The van der Waals surface area contributed by atoms with Gasteiger partial charge in [0.1, 0.15) is 0 Å². The van der Waals surface area contributed by atoms with Crippen molar-refractivity contribution in [1.29, 1.82) is 0 Å². The van der Waals surface area contributed by atoms with E-state index in [2.05, 4.69) is 10.2 Å². The molecule has 0 aromatic carbocycles. The lowest BCUT2D eigenvalue weighted by Gasteiger charge is -2.32. The van der Waals surface area contributed by atoms with Crippen LogP contribution in [0.2, 0.25) is 0 Å². The van der Waals surface area contributed by atoms with Gasteiger partial charge in [0.2, 0.25) is 11.8 Å². The van der Waals surface area contributed by atoms with E-state index in [1.54, 1.807) is 16.7 Å². The van der Waals surface area contributed by atoms with Crippen molar-refractivity contribution in [2.75, 3.05) is 53.4 Å². The number of rotatable bonds is 7. The van der Waals surface area contributed by atoms with E-state index in [9.17, 15) is 14.4 Å². The Hall–Kier alpha value is -1.83. The van der Waals surface area contributed by atoms with Crippen molar-refractivity contribution in [1.82, 2.24) is 20.0 Å². The summed E-state index contributed by atoms with van der Waals surface area (Å²) in [7, 11) is 4.02. The molecule has 8 heteroatoms. The highest BCUT2D eigenvalue weighted by atomic mass is 16.6. The second kappa shape index (κ2) is 9.75. The van der Waals surface area contributed by atoms with Crippen LogP contribution in [0.1, 0.15) is 32.6 Å². The topological polar surface area (TPSA) is 82.2 Å². The Kier molecular flexibility index (Phi) is 7.68. The van der Waals surface area contributed by atoms with Crippen molar-refractivity contribution in [3.8, 4) is 0 Å². The number of amides is 3. The first-order chi connectivity index (χ1) is 12.4. The van der Waals surface area contributed by atoms with Gasteiger partial charge in [-0.15, -0.1) is 0 Å². The molecule has 0 bridgehead atoms. The van der Waals surface area contributed by atoms with Gasteiger partial charge in [0, 0.05) is 38.6 Å². The molecule has 2 rings (SSSR count). The van der Waals surface area contributed by atoms with E-state index in [0.29, 0.717) is 39.2 Å². The molecule has 2 saturated heterocycles. The fourth-order valence-corrected chi connectivity index (χ4v) is 3.48. The van der Waals surface area contributed by atoms with Crippen molar-refractivity contribution in [3.05, 3.63) is 0 Å². The van der Waals surface area contributed by atoms with Crippen LogP contribution in [-0.4, -0.2) is 92.1 Å². The van der Waals surface area contributed by atoms with Crippen LogP contribution in [0, 0.1) is 5.92 Å². The normalized spacial score (nSPS) is 21.4. The minimum absolute atomic E-state index is 0.0388. The molecule has 148 valence electrons. The molecule has 0 aliphatic carbocycles. The summed E-state index contributed by atoms with van der Waals surface area (Å²) in [6.07, 6.45) is 2.37. The van der Waals surface area contributed by atoms with Crippen LogP contribution in [0.4, 0.5) is 4.79 Å². The summed E-state index contributed by atoms with van der Waals surface area (Å²) in [6, 6.07) is 0.0612. The Labute approximate surface area is 155 Å². The Balaban J connectivity index is 1.72. The first kappa shape index (κ1) is 20.5. The van der Waals surface area contributed by atoms with Crippen LogP contribution >= 0.6 is 0 Å². The molecule has 1 atom stereocenters. The molecule has 2 heterocycles. The highest BCUT2D eigenvalue weighted by Crippen LogP contribution is 2.19. The molecule has 3 amide bonds. The summed E-state index contributed by atoms with van der Waals surface area (Å²) < 4.78 is 5.00. The SMILES string of the molecule is CCOC(=O)N1CCC(NC(=O)C2CC(=O)N(CCCN(C)C)C2)CC1. The van der Waals surface area contributed by atoms with Gasteiger partial charge in [0.25, 0.3) is 0 Å². The standard InChI is InChI=1S/C18H32N4O4/c1-4-26-18(25)21-10-6-15(7-11-21)19-17(24)14-12-16(23)22(13-14)9-5-8-20(2)3/h14-15H,4-13H2,1-3H3,(H,19,24). The van der Waals surface area contributed by atoms with Gasteiger partial charge < -0.3 is 24.8 Å². The number of ether oxygens (including phenoxy) is 1. The van der Waals surface area contributed by atoms with Gasteiger partial charge in [0.15, 0.2) is 0 Å². The molecule has 2 fully saturated rings. The highest BCUT2D eigenvalue weighted by Gasteiger charge is 2.35. The highest BCUT2D eigenvalue weighted by molar-refractivity contribution is 5.89. The zero-order chi connectivity index (χ0) is 19.1. The van der Waals surface area contributed by atoms with Gasteiger partial charge in [-0.25, -0.2) is 4.79 Å². The molecule has 0 spiro atoms. The maximum Gasteiger partial charge on any atom is 0.409 e. The Morgan fingerprint density at radius 1 is 1.27 bits per heavy atom. The van der Waals surface area contributed by atoms with E-state index in [1.165, 1.54) is 0 Å². The van der Waals surface area contributed by atoms with E-state index < -0.39 is 0 Å². The summed E-state index contributed by atoms with van der Waals surface area (Å²) in [4.78, 5) is 41.9. The van der Waals surface area contributed by atoms with Crippen molar-refractivity contribution in [2.45, 2.75) is 38.6 Å². The molecule has 0 aromatic heterocycles. The number of hydrogen-bond donors (Lipinski definition) is 1. The van der Waals surface area contributed by atoms with E-state index in [-0.39, 0.29) is 29.9 Å². The minimum atomic E-state index is -0.285. The fourth-order valence-electron chi connectivity index (χ4n) is 3.48. The third-order valence-electron chi connectivity index (χ3n) is 4.99. The zero-order valence-corrected chi connectivity index (χ0v) is 16.2. The number of nitrogens with one attached hydrogen (secondary N) is 1. The molecule has 0 aromatic rings. The van der Waals surface area contributed by atoms with Gasteiger partial charge >= 0.3 is 6.09 Å². The fraction of sp³-hybridized carbons (Fsp3) is 0.833. The molecule has 0 saturated carbocycles. The average molecular weight is 368 g/mol. The van der Waals surface area contributed by atoms with Crippen LogP contribution in [0.25, 0.3) is 0 Å². The summed E-state index contributed by atoms with van der Waals surface area (Å²) in [5.74, 6) is -0.228. The third kappa shape index (κ3) is 5.86. The molecule has 2 aliphatic rings. The zero-order valence-electron chi connectivity index (χ0n) is 16.2. The largest absolute Gasteiger partial charge is 0.450 e. The molecule has 0 radical (unpaired) electrons. The molecule has 1 unspecified atom stereocenters. The predicted molar refractivity (Wildman–Crippen MR) is 97.6 cm³/mol. The quantitative estimate of drug-likeness (QED) is 0.709. The molecule has 26 heavy (non-hydrogen) atoms. The second-order valence-corrected chi connectivity index (χ2v) is 7.37. The number of likely N-dealkylation sites (tertiary alicyclic amines) is 2. The lowest BCUT2D eigenvalue weighted by molar-refractivity contribution is -0.129. The van der Waals surface area contributed by atoms with Crippen LogP contribution in [0.5, 0.6) is 0 Å². The van der Waals surface area contributed by atoms with Gasteiger partial charge in [-0.05, 0) is 46.8 Å². The van der Waals surface area contributed by atoms with Gasteiger partial charge in [0.05, 0.1) is 12.5 Å². The molecular weight excluding hydrogens is 336 g/mol. The van der Waals surface area contributed by atoms with Gasteiger partial charge in [-0.2, -0.15) is 0 Å². The summed E-state index contributed by atoms with van der Waals surface area (Å²) in [5, 5.41) is 3.06. The lowest BCUT2D eigenvalue weighted by atomic mass is 10.0. The van der Waals surface area contributed by atoms with E-state index in [1.807, 2.05) is 14.1 Å². The second-order valence-electron chi connectivity index (χ2n) is 7.37. The van der Waals surface area contributed by atoms with Crippen molar-refractivity contribution >= 4 is 17.9 Å². The summed E-state index contributed by atoms with van der Waals surface area (Å²) >= 11 is 0. The molecule has 8 nitrogen and oxygen atoms in total. The Bertz CT molecular complexity index is 503. The maximum absolute atomic E-state index is 12.5. The Morgan fingerprint density at radius 2 is 1.96 bits per heavy atom. The van der Waals surface area contributed by atoms with Gasteiger partial charge in [-0.1, -0.05) is 0 Å². The molecule has 2 aliphatic heterocycles. The number of hydrogen-bond acceptors (Lipinski definition) is 5. The summed E-state index contributed by atoms with van der Waals surface area (Å²) in [6.45, 7) is 5.49. The van der Waals surface area contributed by atoms with Crippen LogP contribution in [0.3, 0.4) is 0 Å². The molecule has 1 N–H and O–H groups in total. The number of piperidine rings is 1. The van der Waals surface area contributed by atoms with Crippen molar-refractivity contribution in [2.24, 2.45) is 5.92 Å². The van der Waals surface area contributed by atoms with Crippen molar-refractivity contribution in [3.63, 3.8) is 0 Å². The molecular formula is C18H32N4O4. The number of carbonyl (C=O) groups is 3. The number of carbonyl (C=O) groups excluding carboxylic acids is 3. The van der Waals surface area contributed by atoms with E-state index in [0.717, 1.165) is 25.8 Å². The predicted octanol–water partition coefficient (Wildman–Crippen LogP) is 0.524. The van der Waals surface area contributed by atoms with E-state index in [4.69, 9.17) is 4.74 Å². The van der Waals surface area contributed by atoms with Crippen LogP contribution < -0.4 is 5.32 Å². The Morgan fingerprint density at radius 3 is 2.58 bits per heavy atom. The minimum Gasteiger partial charge on any atom is -0.450 e. The smallest absolute Gasteiger partial charge is 0.409 e. The summed E-state index contributed by atoms with van der Waals surface area (Å²) in [5.41, 5.74) is 0. The first-order valence-corrected chi connectivity index (χ1v) is 9.55. The van der Waals surface area contributed by atoms with Crippen molar-refractivity contribution < 1.29 is 19.1 Å². The third-order valence-corrected chi connectivity index (χ3v) is 4.99. The van der Waals surface area contributed by atoms with Crippen LogP contribution in [-0.2, 0) is 14.3 Å².